The highest BCUT2D eigenvalue weighted by Gasteiger charge is 2.14. The molecule has 3 aromatic rings. The lowest BCUT2D eigenvalue weighted by Crippen LogP contribution is -2.16. The number of nitrogens with one attached hydrogen (secondary N) is 2. The number of hydrogen-bond donors (Lipinski definition) is 3. The van der Waals surface area contributed by atoms with Crippen molar-refractivity contribution in [3.05, 3.63) is 89.0 Å². The number of rotatable bonds is 6. The normalized spacial score (nSPS) is 11.1. The van der Waals surface area contributed by atoms with Gasteiger partial charge in [-0.1, -0.05) is 36.4 Å². The number of aryl methyl sites for hydroxylation is 1. The van der Waals surface area contributed by atoms with Crippen molar-refractivity contribution in [1.82, 2.24) is 0 Å². The number of nitrogens with two attached hydrogens (primary N) is 1. The molecule has 0 aromatic heterocycles. The molecule has 0 aliphatic rings. The largest absolute Gasteiger partial charge is 0.398 e. The van der Waals surface area contributed by atoms with Crippen molar-refractivity contribution in [3.63, 3.8) is 0 Å². The van der Waals surface area contributed by atoms with Gasteiger partial charge in [-0.3, -0.25) is 10.2 Å². The molecule has 30 heavy (non-hydrogen) atoms. The Labute approximate surface area is 176 Å². The smallest absolute Gasteiger partial charge is 0.228 e. The van der Waals surface area contributed by atoms with Gasteiger partial charge in [0.15, 0.2) is 9.84 Å². The van der Waals surface area contributed by atoms with Crippen LogP contribution in [0.4, 0.5) is 11.4 Å². The summed E-state index contributed by atoms with van der Waals surface area (Å²) in [4.78, 5) is 12.6. The van der Waals surface area contributed by atoms with E-state index in [1.807, 2.05) is 31.2 Å². The zero-order valence-corrected chi connectivity index (χ0v) is 17.6. The van der Waals surface area contributed by atoms with Crippen LogP contribution in [-0.4, -0.2) is 26.3 Å². The van der Waals surface area contributed by atoms with E-state index in [-0.39, 0.29) is 22.9 Å². The number of anilines is 2. The molecule has 0 heterocycles. The van der Waals surface area contributed by atoms with Crippen molar-refractivity contribution < 1.29 is 13.2 Å². The number of sulfone groups is 1. The summed E-state index contributed by atoms with van der Waals surface area (Å²) < 4.78 is 23.6. The van der Waals surface area contributed by atoms with Gasteiger partial charge in [0.25, 0.3) is 0 Å². The van der Waals surface area contributed by atoms with Gasteiger partial charge < -0.3 is 11.1 Å². The molecule has 3 aromatic carbocycles. The Balaban J connectivity index is 1.84. The highest BCUT2D eigenvalue weighted by Crippen LogP contribution is 2.23. The van der Waals surface area contributed by atoms with Crippen LogP contribution in [0.3, 0.4) is 0 Å². The second kappa shape index (κ2) is 8.51. The highest BCUT2D eigenvalue weighted by molar-refractivity contribution is 7.90. The van der Waals surface area contributed by atoms with Crippen LogP contribution in [0.15, 0.2) is 71.6 Å². The number of benzene rings is 3. The zero-order valence-electron chi connectivity index (χ0n) is 16.8. The molecule has 6 nitrogen and oxygen atoms in total. The maximum atomic E-state index is 12.5. The monoisotopic (exact) mass is 421 g/mol. The summed E-state index contributed by atoms with van der Waals surface area (Å²) in [5.41, 5.74) is 9.83. The molecule has 0 unspecified atom stereocenters. The molecular weight excluding hydrogens is 398 g/mol. The maximum Gasteiger partial charge on any atom is 0.228 e. The van der Waals surface area contributed by atoms with E-state index in [9.17, 15) is 13.2 Å². The van der Waals surface area contributed by atoms with Gasteiger partial charge in [0, 0.05) is 28.8 Å². The Kier molecular flexibility index (Phi) is 6.03. The van der Waals surface area contributed by atoms with Crippen LogP contribution in [0, 0.1) is 12.3 Å². The van der Waals surface area contributed by atoms with Crippen molar-refractivity contribution in [2.24, 2.45) is 0 Å². The first-order valence-electron chi connectivity index (χ1n) is 9.28. The van der Waals surface area contributed by atoms with E-state index in [2.05, 4.69) is 5.32 Å². The number of carbonyl (C=O) groups is 1. The standard InChI is InChI=1S/C23H23N3O3S/c1-15-6-3-4-7-16(15)13-22(27)26-18-10-11-21(24)20(14-18)23(25)17-8-5-9-19(12-17)30(2,28)29/h3-12,14,25H,13,24H2,1-2H3,(H,26,27). The molecule has 0 saturated carbocycles. The van der Waals surface area contributed by atoms with E-state index in [1.165, 1.54) is 12.1 Å². The van der Waals surface area contributed by atoms with Gasteiger partial charge in [0.2, 0.25) is 5.91 Å². The Morgan fingerprint density at radius 3 is 2.47 bits per heavy atom. The summed E-state index contributed by atoms with van der Waals surface area (Å²) in [6, 6.07) is 18.8. The van der Waals surface area contributed by atoms with Gasteiger partial charge in [0.1, 0.15) is 0 Å². The SMILES string of the molecule is Cc1ccccc1CC(=O)Nc1ccc(N)c(C(=N)c2cccc(S(C)(=O)=O)c2)c1. The number of nitrogen functional groups attached to an aromatic ring is 1. The molecule has 154 valence electrons. The second-order valence-electron chi connectivity index (χ2n) is 7.13. The number of amides is 1. The van der Waals surface area contributed by atoms with Crippen LogP contribution in [0.25, 0.3) is 0 Å². The van der Waals surface area contributed by atoms with Crippen LogP contribution in [0.1, 0.15) is 22.3 Å². The van der Waals surface area contributed by atoms with E-state index in [0.717, 1.165) is 17.4 Å². The molecule has 3 rings (SSSR count). The summed E-state index contributed by atoms with van der Waals surface area (Å²) >= 11 is 0. The third-order valence-electron chi connectivity index (χ3n) is 4.77. The van der Waals surface area contributed by atoms with E-state index in [4.69, 9.17) is 11.1 Å². The van der Waals surface area contributed by atoms with Gasteiger partial charge in [-0.2, -0.15) is 0 Å². The minimum absolute atomic E-state index is 0.0769. The van der Waals surface area contributed by atoms with Crippen LogP contribution < -0.4 is 11.1 Å². The lowest BCUT2D eigenvalue weighted by molar-refractivity contribution is -0.115. The predicted octanol–water partition coefficient (Wildman–Crippen LogP) is 3.58. The van der Waals surface area contributed by atoms with Gasteiger partial charge in [-0.25, -0.2) is 8.42 Å². The molecular formula is C23H23N3O3S. The average molecular weight is 422 g/mol. The topological polar surface area (TPSA) is 113 Å². The van der Waals surface area contributed by atoms with Crippen LogP contribution in [-0.2, 0) is 21.1 Å². The number of carbonyl (C=O) groups excluding carboxylic acids is 1. The molecule has 0 aliphatic heterocycles. The average Bonchev–Trinajstić information content (AvgIpc) is 2.70. The van der Waals surface area contributed by atoms with Gasteiger partial charge >= 0.3 is 0 Å². The Morgan fingerprint density at radius 1 is 1.03 bits per heavy atom. The van der Waals surface area contributed by atoms with Crippen molar-refractivity contribution in [2.45, 2.75) is 18.2 Å². The zero-order chi connectivity index (χ0) is 21.9. The third kappa shape index (κ3) is 4.93. The van der Waals surface area contributed by atoms with Crippen molar-refractivity contribution >= 4 is 32.8 Å². The molecule has 0 atom stereocenters. The first-order chi connectivity index (χ1) is 14.1. The molecule has 4 N–H and O–H groups in total. The fourth-order valence-corrected chi connectivity index (χ4v) is 3.74. The molecule has 0 saturated heterocycles. The quantitative estimate of drug-likeness (QED) is 0.417. The van der Waals surface area contributed by atoms with Crippen molar-refractivity contribution in [1.29, 1.82) is 5.41 Å². The lowest BCUT2D eigenvalue weighted by Gasteiger charge is -2.12. The van der Waals surface area contributed by atoms with Gasteiger partial charge in [0.05, 0.1) is 17.0 Å². The van der Waals surface area contributed by atoms with Crippen LogP contribution in [0.2, 0.25) is 0 Å². The van der Waals surface area contributed by atoms with Crippen molar-refractivity contribution in [2.75, 3.05) is 17.3 Å². The van der Waals surface area contributed by atoms with E-state index in [0.29, 0.717) is 22.5 Å². The molecule has 0 aliphatic carbocycles. The summed E-state index contributed by atoms with van der Waals surface area (Å²) in [7, 11) is -3.39. The molecule has 0 spiro atoms. The summed E-state index contributed by atoms with van der Waals surface area (Å²) in [6.45, 7) is 1.95. The molecule has 7 heteroatoms. The molecule has 0 bridgehead atoms. The van der Waals surface area contributed by atoms with Crippen LogP contribution >= 0.6 is 0 Å². The van der Waals surface area contributed by atoms with Gasteiger partial charge in [-0.15, -0.1) is 0 Å². The third-order valence-corrected chi connectivity index (χ3v) is 5.88. The van der Waals surface area contributed by atoms with E-state index < -0.39 is 9.84 Å². The molecule has 0 radical (unpaired) electrons. The maximum absolute atomic E-state index is 12.5. The van der Waals surface area contributed by atoms with Crippen molar-refractivity contribution in [3.8, 4) is 0 Å². The summed E-state index contributed by atoms with van der Waals surface area (Å²) in [5, 5.41) is 11.4. The first kappa shape index (κ1) is 21.3. The fraction of sp³-hybridized carbons (Fsp3) is 0.130. The lowest BCUT2D eigenvalue weighted by atomic mass is 10.00. The Morgan fingerprint density at radius 2 is 1.77 bits per heavy atom. The summed E-state index contributed by atoms with van der Waals surface area (Å²) in [5.74, 6) is -0.175. The fourth-order valence-electron chi connectivity index (χ4n) is 3.07. The van der Waals surface area contributed by atoms with Crippen LogP contribution in [0.5, 0.6) is 0 Å². The summed E-state index contributed by atoms with van der Waals surface area (Å²) in [6.07, 6.45) is 1.36. The molecule has 0 fully saturated rings. The highest BCUT2D eigenvalue weighted by atomic mass is 32.2. The Hall–Kier alpha value is -3.45. The predicted molar refractivity (Wildman–Crippen MR) is 120 cm³/mol. The van der Waals surface area contributed by atoms with E-state index >= 15 is 0 Å². The first-order valence-corrected chi connectivity index (χ1v) is 11.2. The number of hydrogen-bond acceptors (Lipinski definition) is 5. The van der Waals surface area contributed by atoms with Gasteiger partial charge in [-0.05, 0) is 48.4 Å². The minimum Gasteiger partial charge on any atom is -0.398 e. The second-order valence-corrected chi connectivity index (χ2v) is 9.14. The minimum atomic E-state index is -3.39. The molecule has 1 amide bonds. The Bertz CT molecular complexity index is 1230. The van der Waals surface area contributed by atoms with E-state index in [1.54, 1.807) is 30.3 Å².